The molecule has 0 N–H and O–H groups in total. The number of hydrogen-bond donors (Lipinski definition) is 0. The van der Waals surface area contributed by atoms with E-state index in [1.54, 1.807) is 18.2 Å². The molecule has 1 nitrogen and oxygen atoms in total. The maximum absolute atomic E-state index is 9.63. The monoisotopic (exact) mass is 657 g/mol. The van der Waals surface area contributed by atoms with Crippen molar-refractivity contribution in [2.24, 2.45) is 0 Å². The molecule has 0 aromatic heterocycles. The largest absolute Gasteiger partial charge is 0.310 e. The lowest BCUT2D eigenvalue weighted by molar-refractivity contribution is 1.29. The lowest BCUT2D eigenvalue weighted by Gasteiger charge is -2.26. The zero-order valence-electron chi connectivity index (χ0n) is 35.5. The summed E-state index contributed by atoms with van der Waals surface area (Å²) in [5.41, 5.74) is 4.65. The van der Waals surface area contributed by atoms with Gasteiger partial charge in [0.2, 0.25) is 0 Å². The zero-order valence-corrected chi connectivity index (χ0v) is 27.5. The van der Waals surface area contributed by atoms with Gasteiger partial charge in [-0.2, -0.15) is 0 Å². The first-order valence-corrected chi connectivity index (χ1v) is 16.9. The van der Waals surface area contributed by atoms with Gasteiger partial charge in [-0.05, 0) is 108 Å². The van der Waals surface area contributed by atoms with Crippen LogP contribution in [-0.4, -0.2) is 0 Å². The molecule has 0 aliphatic rings. The van der Waals surface area contributed by atoms with Crippen LogP contribution in [0.1, 0.15) is 11.0 Å². The Bertz CT molecular complexity index is 3040. The molecule has 0 bridgehead atoms. The number of hydrogen-bond acceptors (Lipinski definition) is 1. The molecular formula is C50H35N. The fourth-order valence-corrected chi connectivity index (χ4v) is 6.68. The standard InChI is InChI=1S/C50H35N/c1-3-12-36(13-4-1)42-19-11-20-43(34-42)38-22-28-45(29-23-38)51(47-32-24-37-14-7-8-18-44(37)35-47)46-30-25-40(26-31-46)49-33-27-39-15-9-10-21-48(39)50(49)41-16-5-2-6-17-41/h1-35H/i22D,23D,25D,26D,28D,29D,30D,31D. The Labute approximate surface area is 310 Å². The van der Waals surface area contributed by atoms with Crippen LogP contribution in [0.15, 0.2) is 212 Å². The molecule has 0 radical (unpaired) electrons. The summed E-state index contributed by atoms with van der Waals surface area (Å²) in [7, 11) is 0. The molecule has 0 saturated carbocycles. The molecule has 0 atom stereocenters. The van der Waals surface area contributed by atoms with E-state index in [2.05, 4.69) is 0 Å². The highest BCUT2D eigenvalue weighted by atomic mass is 15.1. The Balaban J connectivity index is 1.30. The molecule has 0 unspecified atom stereocenters. The van der Waals surface area contributed by atoms with Crippen molar-refractivity contribution < 1.29 is 11.0 Å². The third-order valence-corrected chi connectivity index (χ3v) is 9.18. The van der Waals surface area contributed by atoms with Crippen molar-refractivity contribution in [3.8, 4) is 44.5 Å². The van der Waals surface area contributed by atoms with Crippen molar-refractivity contribution in [1.29, 1.82) is 0 Å². The fraction of sp³-hybridized carbons (Fsp3) is 0. The van der Waals surface area contributed by atoms with E-state index < -0.39 is 12.1 Å². The van der Waals surface area contributed by atoms with Crippen molar-refractivity contribution in [2.75, 3.05) is 4.90 Å². The van der Waals surface area contributed by atoms with Gasteiger partial charge in [0, 0.05) is 17.1 Å². The average Bonchev–Trinajstić information content (AvgIpc) is 3.27. The summed E-state index contributed by atoms with van der Waals surface area (Å²) in [6, 6.07) is 48.6. The van der Waals surface area contributed by atoms with Crippen LogP contribution in [0.2, 0.25) is 0 Å². The van der Waals surface area contributed by atoms with Crippen LogP contribution in [0.25, 0.3) is 66.1 Å². The topological polar surface area (TPSA) is 3.24 Å². The molecule has 0 spiro atoms. The maximum Gasteiger partial charge on any atom is 0.0645 e. The van der Waals surface area contributed by atoms with Crippen molar-refractivity contribution in [1.82, 2.24) is 0 Å². The van der Waals surface area contributed by atoms with Crippen LogP contribution in [0, 0.1) is 0 Å². The Hall–Kier alpha value is -6.70. The van der Waals surface area contributed by atoms with E-state index in [0.717, 1.165) is 43.8 Å². The number of benzene rings is 9. The SMILES string of the molecule is [2H]c1c([2H])c(N(c2ccc3ccccc3c2)c2c([2H])c([2H])c(-c3ccc4ccccc4c3-c3ccccc3)c([2H])c2[2H])c([2H])c([2H])c1-c1cccc(-c2ccccc2)c1. The zero-order chi connectivity index (χ0) is 40.9. The summed E-state index contributed by atoms with van der Waals surface area (Å²) in [6.07, 6.45) is 0. The molecule has 1 heteroatoms. The van der Waals surface area contributed by atoms with E-state index >= 15 is 0 Å². The molecule has 9 aromatic carbocycles. The molecule has 0 aliphatic carbocycles. The van der Waals surface area contributed by atoms with E-state index in [-0.39, 0.29) is 58.8 Å². The van der Waals surface area contributed by atoms with E-state index in [9.17, 15) is 11.0 Å². The van der Waals surface area contributed by atoms with Gasteiger partial charge < -0.3 is 4.90 Å². The highest BCUT2D eigenvalue weighted by molar-refractivity contribution is 6.04. The van der Waals surface area contributed by atoms with Crippen molar-refractivity contribution in [2.45, 2.75) is 0 Å². The minimum Gasteiger partial charge on any atom is -0.310 e. The van der Waals surface area contributed by atoms with Gasteiger partial charge in [-0.3, -0.25) is 0 Å². The summed E-state index contributed by atoms with van der Waals surface area (Å²) in [5.74, 6) is 0. The summed E-state index contributed by atoms with van der Waals surface area (Å²) in [4.78, 5) is 1.36. The van der Waals surface area contributed by atoms with E-state index in [0.29, 0.717) is 16.8 Å². The lowest BCUT2D eigenvalue weighted by Crippen LogP contribution is -2.09. The second-order valence-corrected chi connectivity index (χ2v) is 12.3. The van der Waals surface area contributed by atoms with Gasteiger partial charge in [0.15, 0.2) is 0 Å². The first-order chi connectivity index (χ1) is 28.6. The van der Waals surface area contributed by atoms with Gasteiger partial charge in [-0.25, -0.2) is 0 Å². The summed E-state index contributed by atoms with van der Waals surface area (Å²) < 4.78 is 76.2. The van der Waals surface area contributed by atoms with Crippen molar-refractivity contribution in [3.63, 3.8) is 0 Å². The van der Waals surface area contributed by atoms with Crippen LogP contribution >= 0.6 is 0 Å². The third-order valence-electron chi connectivity index (χ3n) is 9.18. The summed E-state index contributed by atoms with van der Waals surface area (Å²) >= 11 is 0. The number of nitrogens with zero attached hydrogens (tertiary/aromatic N) is 1. The highest BCUT2D eigenvalue weighted by Gasteiger charge is 2.16. The van der Waals surface area contributed by atoms with Gasteiger partial charge >= 0.3 is 0 Å². The predicted octanol–water partition coefficient (Wildman–Crippen LogP) is 14.1. The van der Waals surface area contributed by atoms with Crippen LogP contribution in [0.3, 0.4) is 0 Å². The first-order valence-electron chi connectivity index (χ1n) is 20.9. The van der Waals surface area contributed by atoms with E-state index in [1.807, 2.05) is 146 Å². The molecule has 0 saturated heterocycles. The lowest BCUT2D eigenvalue weighted by atomic mass is 9.90. The maximum atomic E-state index is 9.63. The molecular weight excluding hydrogens is 615 g/mol. The first kappa shape index (κ1) is 22.8. The van der Waals surface area contributed by atoms with Gasteiger partial charge in [0.05, 0.1) is 11.0 Å². The second kappa shape index (κ2) is 13.3. The average molecular weight is 658 g/mol. The third kappa shape index (κ3) is 5.96. The van der Waals surface area contributed by atoms with Crippen LogP contribution in [-0.2, 0) is 0 Å². The van der Waals surface area contributed by atoms with Crippen LogP contribution in [0.4, 0.5) is 17.1 Å². The minimum atomic E-state index is -0.391. The summed E-state index contributed by atoms with van der Waals surface area (Å²) in [5, 5.41) is 3.57. The normalized spacial score (nSPS) is 13.3. The van der Waals surface area contributed by atoms with E-state index in [1.165, 1.54) is 4.90 Å². The molecule has 0 fully saturated rings. The molecule has 0 aliphatic heterocycles. The van der Waals surface area contributed by atoms with Crippen LogP contribution in [0.5, 0.6) is 0 Å². The predicted molar refractivity (Wildman–Crippen MR) is 218 cm³/mol. The molecule has 9 aromatic rings. The van der Waals surface area contributed by atoms with Crippen LogP contribution < -0.4 is 4.90 Å². The van der Waals surface area contributed by atoms with Gasteiger partial charge in [0.25, 0.3) is 0 Å². The summed E-state index contributed by atoms with van der Waals surface area (Å²) in [6.45, 7) is 0. The van der Waals surface area contributed by atoms with Crippen molar-refractivity contribution in [3.05, 3.63) is 212 Å². The second-order valence-electron chi connectivity index (χ2n) is 12.3. The van der Waals surface area contributed by atoms with Gasteiger partial charge in [0.1, 0.15) is 0 Å². The van der Waals surface area contributed by atoms with E-state index in [4.69, 9.17) is 0 Å². The number of anilines is 3. The minimum absolute atomic E-state index is 0.111. The quantitative estimate of drug-likeness (QED) is 0.165. The van der Waals surface area contributed by atoms with Crippen molar-refractivity contribution >= 4 is 38.6 Å². The molecule has 51 heavy (non-hydrogen) atoms. The smallest absolute Gasteiger partial charge is 0.0645 e. The molecule has 0 amide bonds. The van der Waals surface area contributed by atoms with Gasteiger partial charge in [-0.1, -0.05) is 170 Å². The Morgan fingerprint density at radius 1 is 0.314 bits per heavy atom. The Morgan fingerprint density at radius 2 is 0.843 bits per heavy atom. The Morgan fingerprint density at radius 3 is 1.55 bits per heavy atom. The number of fused-ring (bicyclic) bond motifs is 2. The molecule has 240 valence electrons. The molecule has 0 heterocycles. The molecule has 9 rings (SSSR count). The number of rotatable bonds is 7. The van der Waals surface area contributed by atoms with Gasteiger partial charge in [-0.15, -0.1) is 0 Å². The highest BCUT2D eigenvalue weighted by Crippen LogP contribution is 2.41. The Kier molecular flexibility index (Phi) is 5.96. The fourth-order valence-electron chi connectivity index (χ4n) is 6.68.